The van der Waals surface area contributed by atoms with E-state index in [9.17, 15) is 12.9 Å². The first-order valence-electron chi connectivity index (χ1n) is 7.51. The maximum Gasteiger partial charge on any atom is 0.247 e. The molecule has 0 N–H and O–H groups in total. The van der Waals surface area contributed by atoms with Crippen LogP contribution in [0.4, 0.5) is 12.9 Å². The molecule has 0 saturated heterocycles. The molecule has 0 nitrogen and oxygen atoms in total. The fourth-order valence-corrected chi connectivity index (χ4v) is 7.63. The predicted molar refractivity (Wildman–Crippen MR) is 79.9 cm³/mol. The third-order valence-electron chi connectivity index (χ3n) is 3.44. The van der Waals surface area contributed by atoms with Crippen molar-refractivity contribution in [2.45, 2.75) is 82.6 Å². The summed E-state index contributed by atoms with van der Waals surface area (Å²) < 4.78 is 38.4. The van der Waals surface area contributed by atoms with Crippen molar-refractivity contribution in [3.8, 4) is 0 Å². The predicted octanol–water partition coefficient (Wildman–Crippen LogP) is 5.16. The van der Waals surface area contributed by atoms with Gasteiger partial charge in [-0.3, -0.25) is 0 Å². The Kier molecular flexibility index (Phi) is 11.2. The van der Waals surface area contributed by atoms with Crippen LogP contribution >= 0.6 is 0 Å². The van der Waals surface area contributed by atoms with Gasteiger partial charge in [0.2, 0.25) is 14.8 Å². The standard InChI is InChI=1S/C13H29F3Si2/c1-3-10-18(16,11-4-2)12-6-5-8-17-9-7-13(14)15/h13H,3-12,17H2,1-2H3. The minimum Gasteiger partial charge on any atom is -0.314 e. The summed E-state index contributed by atoms with van der Waals surface area (Å²) in [5.74, 6) is 0. The van der Waals surface area contributed by atoms with Gasteiger partial charge in [0, 0.05) is 15.9 Å². The van der Waals surface area contributed by atoms with Crippen LogP contribution in [0.3, 0.4) is 0 Å². The second-order valence-corrected chi connectivity index (χ2v) is 11.3. The third kappa shape index (κ3) is 10.2. The first-order chi connectivity index (χ1) is 8.54. The Morgan fingerprint density at radius 2 is 1.56 bits per heavy atom. The van der Waals surface area contributed by atoms with E-state index in [2.05, 4.69) is 13.8 Å². The average Bonchev–Trinajstić information content (AvgIpc) is 2.28. The van der Waals surface area contributed by atoms with E-state index < -0.39 is 14.8 Å². The summed E-state index contributed by atoms with van der Waals surface area (Å²) in [7, 11) is -2.75. The Balaban J connectivity index is 3.55. The zero-order valence-electron chi connectivity index (χ0n) is 12.0. The third-order valence-corrected chi connectivity index (χ3v) is 9.39. The van der Waals surface area contributed by atoms with Crippen molar-refractivity contribution in [2.75, 3.05) is 0 Å². The number of hydrogen-bond donors (Lipinski definition) is 0. The molecule has 18 heavy (non-hydrogen) atoms. The number of rotatable bonds is 12. The van der Waals surface area contributed by atoms with Gasteiger partial charge in [-0.25, -0.2) is 8.78 Å². The van der Waals surface area contributed by atoms with Crippen LogP contribution in [-0.2, 0) is 0 Å². The molecule has 0 aromatic heterocycles. The van der Waals surface area contributed by atoms with Crippen LogP contribution in [0.2, 0.25) is 30.2 Å². The van der Waals surface area contributed by atoms with Gasteiger partial charge in [0.15, 0.2) is 0 Å². The molecule has 0 aromatic rings. The second-order valence-electron chi connectivity index (χ2n) is 5.35. The molecule has 0 spiro atoms. The van der Waals surface area contributed by atoms with Crippen molar-refractivity contribution < 1.29 is 12.9 Å². The fourth-order valence-electron chi connectivity index (χ4n) is 2.54. The van der Waals surface area contributed by atoms with Crippen molar-refractivity contribution in [3.05, 3.63) is 0 Å². The molecule has 0 aliphatic carbocycles. The van der Waals surface area contributed by atoms with Crippen LogP contribution in [-0.4, -0.2) is 24.4 Å². The Bertz CT molecular complexity index is 183. The van der Waals surface area contributed by atoms with E-state index in [1.165, 1.54) is 0 Å². The molecule has 0 atom stereocenters. The second kappa shape index (κ2) is 11.1. The van der Waals surface area contributed by atoms with Crippen molar-refractivity contribution in [3.63, 3.8) is 0 Å². The van der Waals surface area contributed by atoms with Gasteiger partial charge < -0.3 is 4.11 Å². The smallest absolute Gasteiger partial charge is 0.247 e. The summed E-state index contributed by atoms with van der Waals surface area (Å²) in [6.07, 6.45) is 1.95. The zero-order chi connectivity index (χ0) is 13.9. The van der Waals surface area contributed by atoms with E-state index >= 15 is 0 Å². The van der Waals surface area contributed by atoms with Crippen molar-refractivity contribution in [1.29, 1.82) is 0 Å². The molecule has 0 unspecified atom stereocenters. The zero-order valence-corrected chi connectivity index (χ0v) is 14.4. The number of alkyl halides is 2. The first-order valence-corrected chi connectivity index (χ1v) is 12.0. The lowest BCUT2D eigenvalue weighted by Gasteiger charge is -2.21. The van der Waals surface area contributed by atoms with E-state index in [0.717, 1.165) is 55.9 Å². The fraction of sp³-hybridized carbons (Fsp3) is 1.00. The SMILES string of the molecule is CCC[Si](F)(CCC)CCCC[SiH2]CCC(F)F. The number of halogens is 3. The molecule has 110 valence electrons. The van der Waals surface area contributed by atoms with Gasteiger partial charge in [0.1, 0.15) is 0 Å². The summed E-state index contributed by atoms with van der Waals surface area (Å²) in [6, 6.07) is 4.29. The van der Waals surface area contributed by atoms with Gasteiger partial charge in [0.05, 0.1) is 0 Å². The summed E-state index contributed by atoms with van der Waals surface area (Å²) >= 11 is 0. The van der Waals surface area contributed by atoms with Gasteiger partial charge in [-0.05, 0) is 18.1 Å². The van der Waals surface area contributed by atoms with Gasteiger partial charge >= 0.3 is 0 Å². The van der Waals surface area contributed by atoms with Gasteiger partial charge in [0.25, 0.3) is 0 Å². The summed E-state index contributed by atoms with van der Waals surface area (Å²) in [5, 5.41) is 0. The lowest BCUT2D eigenvalue weighted by atomic mass is 10.4. The Hall–Kier alpha value is 0.224. The molecular weight excluding hydrogens is 269 g/mol. The van der Waals surface area contributed by atoms with Crippen LogP contribution in [0.25, 0.3) is 0 Å². The van der Waals surface area contributed by atoms with E-state index in [4.69, 9.17) is 0 Å². The normalized spacial score (nSPS) is 13.0. The molecule has 0 aliphatic rings. The van der Waals surface area contributed by atoms with Crippen LogP contribution in [0.5, 0.6) is 0 Å². The average molecular weight is 299 g/mol. The quantitative estimate of drug-likeness (QED) is 0.265. The first kappa shape index (κ1) is 18.2. The lowest BCUT2D eigenvalue weighted by Crippen LogP contribution is -2.27. The highest BCUT2D eigenvalue weighted by Gasteiger charge is 2.30. The topological polar surface area (TPSA) is 0 Å². The minimum atomic E-state index is -2.44. The summed E-state index contributed by atoms with van der Waals surface area (Å²) in [6.45, 7) is 4.13. The van der Waals surface area contributed by atoms with Crippen molar-refractivity contribution in [2.24, 2.45) is 0 Å². The van der Waals surface area contributed by atoms with E-state index in [1.54, 1.807) is 0 Å². The molecule has 0 saturated carbocycles. The highest BCUT2D eigenvalue weighted by molar-refractivity contribution is 6.73. The molecule has 5 heteroatoms. The molecule has 0 aliphatic heterocycles. The lowest BCUT2D eigenvalue weighted by molar-refractivity contribution is 0.144. The monoisotopic (exact) mass is 298 g/mol. The highest BCUT2D eigenvalue weighted by Crippen LogP contribution is 2.28. The molecule has 0 radical (unpaired) electrons. The molecule has 0 heterocycles. The number of hydrogen-bond acceptors (Lipinski definition) is 0. The van der Waals surface area contributed by atoms with Gasteiger partial charge in [-0.2, -0.15) is 0 Å². The summed E-state index contributed by atoms with van der Waals surface area (Å²) in [5.41, 5.74) is 0. The highest BCUT2D eigenvalue weighted by atomic mass is 28.4. The Labute approximate surface area is 114 Å². The van der Waals surface area contributed by atoms with E-state index in [1.807, 2.05) is 0 Å². The van der Waals surface area contributed by atoms with Crippen LogP contribution in [0.1, 0.15) is 46.0 Å². The minimum absolute atomic E-state index is 0.0830. The van der Waals surface area contributed by atoms with Crippen molar-refractivity contribution in [1.82, 2.24) is 0 Å². The molecular formula is C13H29F3Si2. The van der Waals surface area contributed by atoms with Gasteiger partial charge in [-0.1, -0.05) is 51.6 Å². The largest absolute Gasteiger partial charge is 0.314 e. The van der Waals surface area contributed by atoms with Crippen LogP contribution in [0, 0.1) is 0 Å². The Morgan fingerprint density at radius 1 is 0.944 bits per heavy atom. The maximum absolute atomic E-state index is 14.5. The maximum atomic E-state index is 14.5. The Morgan fingerprint density at radius 3 is 2.06 bits per heavy atom. The van der Waals surface area contributed by atoms with Crippen LogP contribution < -0.4 is 0 Å². The molecule has 0 aromatic carbocycles. The van der Waals surface area contributed by atoms with Crippen molar-refractivity contribution >= 4 is 17.9 Å². The molecule has 0 rings (SSSR count). The van der Waals surface area contributed by atoms with Crippen LogP contribution in [0.15, 0.2) is 0 Å². The van der Waals surface area contributed by atoms with E-state index in [-0.39, 0.29) is 15.9 Å². The molecule has 0 bridgehead atoms. The van der Waals surface area contributed by atoms with Gasteiger partial charge in [-0.15, -0.1) is 0 Å². The molecule has 0 fully saturated rings. The van der Waals surface area contributed by atoms with E-state index in [0.29, 0.717) is 0 Å². The number of unbranched alkanes of at least 4 members (excludes halogenated alkanes) is 1. The summed E-state index contributed by atoms with van der Waals surface area (Å²) in [4.78, 5) is 0. The molecule has 0 amide bonds.